The second-order valence-electron chi connectivity index (χ2n) is 4.25. The van der Waals surface area contributed by atoms with E-state index in [9.17, 15) is 0 Å². The van der Waals surface area contributed by atoms with E-state index < -0.39 is 0 Å². The van der Waals surface area contributed by atoms with E-state index >= 15 is 0 Å². The molecule has 0 fully saturated rings. The lowest BCUT2D eigenvalue weighted by Crippen LogP contribution is -2.13. The van der Waals surface area contributed by atoms with Crippen LogP contribution in [0, 0.1) is 5.92 Å². The molecular formula is C13H21NS. The number of benzene rings is 1. The van der Waals surface area contributed by atoms with Crippen molar-refractivity contribution in [2.75, 3.05) is 12.8 Å². The van der Waals surface area contributed by atoms with E-state index in [2.05, 4.69) is 50.4 Å². The fourth-order valence-corrected chi connectivity index (χ4v) is 2.48. The molecule has 0 radical (unpaired) electrons. The van der Waals surface area contributed by atoms with Gasteiger partial charge in [-0.15, -0.1) is 11.8 Å². The molecule has 1 aromatic carbocycles. The van der Waals surface area contributed by atoms with Gasteiger partial charge in [0, 0.05) is 16.7 Å². The molecule has 1 aromatic rings. The lowest BCUT2D eigenvalue weighted by atomic mass is 10.1. The fourth-order valence-electron chi connectivity index (χ4n) is 1.38. The van der Waals surface area contributed by atoms with Gasteiger partial charge in [0.15, 0.2) is 0 Å². The summed E-state index contributed by atoms with van der Waals surface area (Å²) in [5.74, 6) is 1.93. The summed E-state index contributed by atoms with van der Waals surface area (Å²) in [4.78, 5) is 1.41. The Hall–Kier alpha value is -0.470. The smallest absolute Gasteiger partial charge is 0.0300 e. The van der Waals surface area contributed by atoms with Crippen LogP contribution >= 0.6 is 11.8 Å². The van der Waals surface area contributed by atoms with Gasteiger partial charge in [0.2, 0.25) is 0 Å². The summed E-state index contributed by atoms with van der Waals surface area (Å²) >= 11 is 1.96. The Balaban J connectivity index is 2.77. The second-order valence-corrected chi connectivity index (χ2v) is 5.31. The van der Waals surface area contributed by atoms with Gasteiger partial charge in [-0.1, -0.05) is 32.0 Å². The molecule has 0 aromatic heterocycles. The van der Waals surface area contributed by atoms with Gasteiger partial charge in [0.05, 0.1) is 0 Å². The Bertz CT molecular complexity index is 296. The van der Waals surface area contributed by atoms with Gasteiger partial charge in [-0.3, -0.25) is 0 Å². The van der Waals surface area contributed by atoms with Gasteiger partial charge >= 0.3 is 0 Å². The second kappa shape index (κ2) is 6.19. The summed E-state index contributed by atoms with van der Waals surface area (Å²) < 4.78 is 0. The molecule has 0 amide bonds. The fraction of sp³-hybridized carbons (Fsp3) is 0.538. The minimum atomic E-state index is 0.431. The molecule has 0 heterocycles. The third kappa shape index (κ3) is 3.88. The maximum Gasteiger partial charge on any atom is 0.0300 e. The maximum absolute atomic E-state index is 3.30. The topological polar surface area (TPSA) is 12.0 Å². The number of thioether (sulfide) groups is 1. The predicted octanol–water partition coefficient (Wildman–Crippen LogP) is 3.72. The first kappa shape index (κ1) is 12.6. The van der Waals surface area contributed by atoms with Crippen LogP contribution < -0.4 is 5.32 Å². The third-order valence-electron chi connectivity index (χ3n) is 2.39. The first-order valence-electron chi connectivity index (χ1n) is 5.54. The summed E-state index contributed by atoms with van der Waals surface area (Å²) in [5.41, 5.74) is 1.41. The minimum absolute atomic E-state index is 0.431. The van der Waals surface area contributed by atoms with Gasteiger partial charge < -0.3 is 5.32 Å². The molecule has 1 nitrogen and oxygen atoms in total. The van der Waals surface area contributed by atoms with Crippen LogP contribution in [0.3, 0.4) is 0 Å². The minimum Gasteiger partial charge on any atom is -0.313 e. The van der Waals surface area contributed by atoms with Gasteiger partial charge in [-0.25, -0.2) is 0 Å². The Labute approximate surface area is 97.7 Å². The molecule has 84 valence electrons. The molecule has 1 unspecified atom stereocenters. The first-order valence-corrected chi connectivity index (χ1v) is 6.52. The average Bonchev–Trinajstić information content (AvgIpc) is 2.25. The highest BCUT2D eigenvalue weighted by molar-refractivity contribution is 7.99. The van der Waals surface area contributed by atoms with Crippen molar-refractivity contribution in [2.45, 2.75) is 31.7 Å². The van der Waals surface area contributed by atoms with Crippen LogP contribution in [0.2, 0.25) is 0 Å². The number of hydrogen-bond donors (Lipinski definition) is 1. The molecule has 0 saturated heterocycles. The molecule has 1 N–H and O–H groups in total. The third-order valence-corrected chi connectivity index (χ3v) is 3.91. The van der Waals surface area contributed by atoms with Crippen molar-refractivity contribution in [2.24, 2.45) is 5.92 Å². The Kier molecular flexibility index (Phi) is 5.20. The van der Waals surface area contributed by atoms with Crippen molar-refractivity contribution in [3.05, 3.63) is 29.8 Å². The van der Waals surface area contributed by atoms with Gasteiger partial charge in [0.25, 0.3) is 0 Å². The van der Waals surface area contributed by atoms with E-state index in [4.69, 9.17) is 0 Å². The van der Waals surface area contributed by atoms with Crippen molar-refractivity contribution >= 4 is 11.8 Å². The van der Waals surface area contributed by atoms with Crippen molar-refractivity contribution in [3.8, 4) is 0 Å². The molecule has 0 saturated carbocycles. The zero-order valence-corrected chi connectivity index (χ0v) is 10.9. The molecule has 15 heavy (non-hydrogen) atoms. The van der Waals surface area contributed by atoms with E-state index in [0.717, 1.165) is 5.92 Å². The summed E-state index contributed by atoms with van der Waals surface area (Å²) in [6.45, 7) is 6.73. The average molecular weight is 223 g/mol. The van der Waals surface area contributed by atoms with E-state index in [0.29, 0.717) is 6.04 Å². The molecule has 0 bridgehead atoms. The number of nitrogens with one attached hydrogen (secondary N) is 1. The van der Waals surface area contributed by atoms with Crippen molar-refractivity contribution < 1.29 is 0 Å². The van der Waals surface area contributed by atoms with Crippen LogP contribution in [0.15, 0.2) is 29.2 Å². The maximum atomic E-state index is 3.30. The zero-order chi connectivity index (χ0) is 11.3. The summed E-state index contributed by atoms with van der Waals surface area (Å²) in [6.07, 6.45) is 0. The Morgan fingerprint density at radius 3 is 2.47 bits per heavy atom. The largest absolute Gasteiger partial charge is 0.313 e. The zero-order valence-electron chi connectivity index (χ0n) is 10.1. The molecule has 0 spiro atoms. The van der Waals surface area contributed by atoms with Gasteiger partial charge in [-0.05, 0) is 31.5 Å². The molecule has 0 aliphatic carbocycles. The highest BCUT2D eigenvalue weighted by atomic mass is 32.2. The normalized spacial score (nSPS) is 13.1. The molecule has 0 aliphatic heterocycles. The summed E-state index contributed by atoms with van der Waals surface area (Å²) in [6, 6.07) is 9.10. The number of hydrogen-bond acceptors (Lipinski definition) is 2. The Morgan fingerprint density at radius 2 is 1.87 bits per heavy atom. The highest BCUT2D eigenvalue weighted by Crippen LogP contribution is 2.28. The molecule has 1 rings (SSSR count). The molecule has 2 heteroatoms. The standard InChI is InChI=1S/C13H21NS/c1-10(2)9-15-13-8-6-5-7-12(13)11(3)14-4/h5-8,10-11,14H,9H2,1-4H3. The highest BCUT2D eigenvalue weighted by Gasteiger charge is 2.08. The van der Waals surface area contributed by atoms with Gasteiger partial charge in [-0.2, -0.15) is 0 Å². The molecule has 0 aliphatic rings. The van der Waals surface area contributed by atoms with Crippen LogP contribution in [-0.4, -0.2) is 12.8 Å². The predicted molar refractivity (Wildman–Crippen MR) is 69.5 cm³/mol. The van der Waals surface area contributed by atoms with Crippen LogP contribution in [-0.2, 0) is 0 Å². The van der Waals surface area contributed by atoms with Crippen LogP contribution in [0.4, 0.5) is 0 Å². The van der Waals surface area contributed by atoms with E-state index in [1.54, 1.807) is 0 Å². The lowest BCUT2D eigenvalue weighted by Gasteiger charge is -2.15. The van der Waals surface area contributed by atoms with Crippen molar-refractivity contribution in [1.29, 1.82) is 0 Å². The van der Waals surface area contributed by atoms with Crippen LogP contribution in [0.5, 0.6) is 0 Å². The lowest BCUT2D eigenvalue weighted by molar-refractivity contribution is 0.641. The van der Waals surface area contributed by atoms with Gasteiger partial charge in [0.1, 0.15) is 0 Å². The van der Waals surface area contributed by atoms with Crippen LogP contribution in [0.25, 0.3) is 0 Å². The van der Waals surface area contributed by atoms with Crippen LogP contribution in [0.1, 0.15) is 32.4 Å². The SMILES string of the molecule is CNC(C)c1ccccc1SCC(C)C. The Morgan fingerprint density at radius 1 is 1.20 bits per heavy atom. The molecule has 1 atom stereocenters. The quantitative estimate of drug-likeness (QED) is 0.764. The van der Waals surface area contributed by atoms with E-state index in [1.165, 1.54) is 16.2 Å². The summed E-state index contributed by atoms with van der Waals surface area (Å²) in [7, 11) is 2.01. The van der Waals surface area contributed by atoms with E-state index in [-0.39, 0.29) is 0 Å². The van der Waals surface area contributed by atoms with E-state index in [1.807, 2.05) is 18.8 Å². The number of rotatable bonds is 5. The van der Waals surface area contributed by atoms with Crippen molar-refractivity contribution in [1.82, 2.24) is 5.32 Å². The monoisotopic (exact) mass is 223 g/mol. The summed E-state index contributed by atoms with van der Waals surface area (Å²) in [5, 5.41) is 3.30. The first-order chi connectivity index (χ1) is 7.15. The van der Waals surface area contributed by atoms with Crippen molar-refractivity contribution in [3.63, 3.8) is 0 Å². The molecular weight excluding hydrogens is 202 g/mol.